The lowest BCUT2D eigenvalue weighted by molar-refractivity contribution is -0.130. The fourth-order valence-corrected chi connectivity index (χ4v) is 3.27. The summed E-state index contributed by atoms with van der Waals surface area (Å²) in [6, 6.07) is 7.48. The number of hydrogen-bond acceptors (Lipinski definition) is 5. The monoisotopic (exact) mass is 333 g/mol. The first-order valence-corrected chi connectivity index (χ1v) is 8.45. The lowest BCUT2D eigenvalue weighted by Crippen LogP contribution is -2.38. The largest absolute Gasteiger partial charge is 0.490 e. The van der Waals surface area contributed by atoms with Gasteiger partial charge in [0.1, 0.15) is 12.4 Å². The Balaban J connectivity index is 1.46. The summed E-state index contributed by atoms with van der Waals surface area (Å²) in [5.74, 6) is 1.26. The Labute approximate surface area is 138 Å². The molecule has 0 saturated carbocycles. The molecule has 0 bridgehead atoms. The van der Waals surface area contributed by atoms with E-state index in [9.17, 15) is 9.90 Å². The molecule has 0 saturated heterocycles. The van der Waals surface area contributed by atoms with E-state index in [4.69, 9.17) is 4.74 Å². The van der Waals surface area contributed by atoms with Crippen LogP contribution in [0.15, 0.2) is 35.6 Å². The van der Waals surface area contributed by atoms with Crippen LogP contribution in [0.5, 0.6) is 5.75 Å². The number of aliphatic hydroxyl groups excluding tert-OH is 1. The molecule has 1 aliphatic heterocycles. The van der Waals surface area contributed by atoms with Crippen LogP contribution in [0.25, 0.3) is 0 Å². The van der Waals surface area contributed by atoms with Crippen molar-refractivity contribution in [3.05, 3.63) is 41.7 Å². The number of aromatic nitrogens is 2. The molecule has 1 aromatic heterocycles. The highest BCUT2D eigenvalue weighted by Gasteiger charge is 2.18. The van der Waals surface area contributed by atoms with E-state index in [1.165, 1.54) is 0 Å². The number of fused-ring (bicyclic) bond motifs is 1. The summed E-state index contributed by atoms with van der Waals surface area (Å²) in [4.78, 5) is 16.3. The van der Waals surface area contributed by atoms with Gasteiger partial charge < -0.3 is 19.7 Å². The van der Waals surface area contributed by atoms with Crippen molar-refractivity contribution in [3.63, 3.8) is 0 Å². The molecule has 1 amide bonds. The van der Waals surface area contributed by atoms with E-state index in [1.54, 1.807) is 11.8 Å². The average molecular weight is 333 g/mol. The standard InChI is InChI=1S/C16H19N3O3S/c1-11-4-2-3-5-14(11)22-10-13(20)15(21)17-8-12-9-19-6-7-23-16(19)18-12/h2-5,9,13,20H,6-8,10H2,1H3,(H,17,21). The first-order valence-electron chi connectivity index (χ1n) is 7.46. The summed E-state index contributed by atoms with van der Waals surface area (Å²) < 4.78 is 7.56. The maximum Gasteiger partial charge on any atom is 0.252 e. The minimum Gasteiger partial charge on any atom is -0.490 e. The van der Waals surface area contributed by atoms with Gasteiger partial charge in [-0.05, 0) is 18.6 Å². The fourth-order valence-electron chi connectivity index (χ4n) is 2.31. The molecule has 1 unspecified atom stereocenters. The molecule has 2 aromatic rings. The van der Waals surface area contributed by atoms with Crippen LogP contribution in [0.1, 0.15) is 11.3 Å². The number of carbonyl (C=O) groups excluding carboxylic acids is 1. The molecule has 1 aliphatic rings. The van der Waals surface area contributed by atoms with Gasteiger partial charge in [-0.25, -0.2) is 4.98 Å². The Hall–Kier alpha value is -1.99. The SMILES string of the molecule is Cc1ccccc1OCC(O)C(=O)NCc1cn2c(n1)SCC2. The number of hydrogen-bond donors (Lipinski definition) is 2. The first-order chi connectivity index (χ1) is 11.1. The Morgan fingerprint density at radius 2 is 2.35 bits per heavy atom. The number of benzene rings is 1. The Kier molecular flexibility index (Phi) is 4.88. The quantitative estimate of drug-likeness (QED) is 0.835. The highest BCUT2D eigenvalue weighted by atomic mass is 32.2. The van der Waals surface area contributed by atoms with Crippen molar-refractivity contribution >= 4 is 17.7 Å². The zero-order valence-electron chi connectivity index (χ0n) is 12.9. The number of imidazole rings is 1. The van der Waals surface area contributed by atoms with Gasteiger partial charge in [0.05, 0.1) is 12.2 Å². The molecule has 1 aromatic carbocycles. The van der Waals surface area contributed by atoms with Gasteiger partial charge in [-0.1, -0.05) is 30.0 Å². The number of nitrogens with zero attached hydrogens (tertiary/aromatic N) is 2. The minimum atomic E-state index is -1.21. The molecule has 23 heavy (non-hydrogen) atoms. The van der Waals surface area contributed by atoms with Crippen molar-refractivity contribution in [1.29, 1.82) is 0 Å². The molecular formula is C16H19N3O3S. The summed E-state index contributed by atoms with van der Waals surface area (Å²) in [6.07, 6.45) is 0.727. The van der Waals surface area contributed by atoms with Crippen LogP contribution in [0, 0.1) is 6.92 Å². The highest BCUT2D eigenvalue weighted by Crippen LogP contribution is 2.24. The van der Waals surface area contributed by atoms with Gasteiger partial charge >= 0.3 is 0 Å². The fraction of sp³-hybridized carbons (Fsp3) is 0.375. The van der Waals surface area contributed by atoms with E-state index >= 15 is 0 Å². The maximum absolute atomic E-state index is 11.9. The van der Waals surface area contributed by atoms with Crippen LogP contribution in [-0.4, -0.2) is 39.0 Å². The van der Waals surface area contributed by atoms with Gasteiger partial charge in [0.25, 0.3) is 5.91 Å². The molecule has 122 valence electrons. The highest BCUT2D eigenvalue weighted by molar-refractivity contribution is 7.99. The second-order valence-electron chi connectivity index (χ2n) is 5.37. The van der Waals surface area contributed by atoms with Crippen molar-refractivity contribution in [2.75, 3.05) is 12.4 Å². The lowest BCUT2D eigenvalue weighted by atomic mass is 10.2. The van der Waals surface area contributed by atoms with Crippen LogP contribution in [0.4, 0.5) is 0 Å². The Morgan fingerprint density at radius 3 is 3.13 bits per heavy atom. The van der Waals surface area contributed by atoms with Crippen molar-refractivity contribution in [1.82, 2.24) is 14.9 Å². The molecule has 2 N–H and O–H groups in total. The normalized spacial score (nSPS) is 14.3. The van der Waals surface area contributed by atoms with Crippen molar-refractivity contribution in [3.8, 4) is 5.75 Å². The van der Waals surface area contributed by atoms with Crippen LogP contribution in [0.3, 0.4) is 0 Å². The van der Waals surface area contributed by atoms with Gasteiger partial charge in [-0.2, -0.15) is 0 Å². The molecule has 3 rings (SSSR count). The van der Waals surface area contributed by atoms with Gasteiger partial charge in [0, 0.05) is 18.5 Å². The molecule has 0 radical (unpaired) electrons. The molecule has 0 fully saturated rings. The maximum atomic E-state index is 11.9. The van der Waals surface area contributed by atoms with Gasteiger partial charge in [-0.3, -0.25) is 4.79 Å². The summed E-state index contributed by atoms with van der Waals surface area (Å²) in [5, 5.41) is 13.6. The van der Waals surface area contributed by atoms with Crippen molar-refractivity contribution in [2.24, 2.45) is 0 Å². The number of nitrogens with one attached hydrogen (secondary N) is 1. The molecular weight excluding hydrogens is 314 g/mol. The topological polar surface area (TPSA) is 76.4 Å². The van der Waals surface area contributed by atoms with Gasteiger partial charge in [0.2, 0.25) is 0 Å². The second kappa shape index (κ2) is 7.06. The van der Waals surface area contributed by atoms with Crippen molar-refractivity contribution in [2.45, 2.75) is 31.3 Å². The number of aliphatic hydroxyl groups is 1. The zero-order chi connectivity index (χ0) is 16.2. The van der Waals surface area contributed by atoms with Gasteiger partial charge in [0.15, 0.2) is 11.3 Å². The summed E-state index contributed by atoms with van der Waals surface area (Å²) >= 11 is 1.71. The number of carbonyl (C=O) groups is 1. The van der Waals surface area contributed by atoms with E-state index in [0.29, 0.717) is 12.3 Å². The predicted octanol–water partition coefficient (Wildman–Crippen LogP) is 1.35. The number of para-hydroxylation sites is 1. The second-order valence-corrected chi connectivity index (χ2v) is 6.43. The molecule has 7 heteroatoms. The number of rotatable bonds is 6. The minimum absolute atomic E-state index is 0.0772. The summed E-state index contributed by atoms with van der Waals surface area (Å²) in [6.45, 7) is 3.10. The molecule has 2 heterocycles. The molecule has 6 nitrogen and oxygen atoms in total. The third kappa shape index (κ3) is 3.86. The van der Waals surface area contributed by atoms with Gasteiger partial charge in [-0.15, -0.1) is 0 Å². The number of aryl methyl sites for hydroxylation is 2. The predicted molar refractivity (Wildman–Crippen MR) is 87.5 cm³/mol. The Morgan fingerprint density at radius 1 is 1.52 bits per heavy atom. The number of thioether (sulfide) groups is 1. The van der Waals surface area contributed by atoms with E-state index in [0.717, 1.165) is 28.7 Å². The molecule has 0 spiro atoms. The van der Waals surface area contributed by atoms with Crippen LogP contribution in [0.2, 0.25) is 0 Å². The third-order valence-electron chi connectivity index (χ3n) is 3.59. The van der Waals surface area contributed by atoms with Crippen LogP contribution >= 0.6 is 11.8 Å². The van der Waals surface area contributed by atoms with Crippen molar-refractivity contribution < 1.29 is 14.6 Å². The van der Waals surface area contributed by atoms with E-state index < -0.39 is 12.0 Å². The average Bonchev–Trinajstić information content (AvgIpc) is 3.12. The van der Waals surface area contributed by atoms with E-state index in [1.807, 2.05) is 37.4 Å². The van der Waals surface area contributed by atoms with E-state index in [2.05, 4.69) is 14.9 Å². The zero-order valence-corrected chi connectivity index (χ0v) is 13.7. The van der Waals surface area contributed by atoms with Crippen LogP contribution < -0.4 is 10.1 Å². The summed E-state index contributed by atoms with van der Waals surface area (Å²) in [7, 11) is 0. The van der Waals surface area contributed by atoms with Crippen LogP contribution in [-0.2, 0) is 17.9 Å². The number of ether oxygens (including phenoxy) is 1. The summed E-state index contributed by atoms with van der Waals surface area (Å²) in [5.41, 5.74) is 1.76. The molecule has 0 aliphatic carbocycles. The molecule has 1 atom stereocenters. The first kappa shape index (κ1) is 15.9. The Bertz CT molecular complexity index is 680. The smallest absolute Gasteiger partial charge is 0.252 e. The number of amides is 1. The third-order valence-corrected chi connectivity index (χ3v) is 4.56. The lowest BCUT2D eigenvalue weighted by Gasteiger charge is -2.13. The van der Waals surface area contributed by atoms with E-state index in [-0.39, 0.29) is 6.61 Å².